The molecule has 2 aromatic carbocycles. The van der Waals surface area contributed by atoms with Gasteiger partial charge in [0.25, 0.3) is 0 Å². The Hall–Kier alpha value is -2.87. The van der Waals surface area contributed by atoms with Gasteiger partial charge in [-0.3, -0.25) is 4.79 Å². The minimum absolute atomic E-state index is 0.0555. The van der Waals surface area contributed by atoms with Crippen LogP contribution in [0.2, 0.25) is 0 Å². The average Bonchev–Trinajstić information content (AvgIpc) is 2.73. The van der Waals surface area contributed by atoms with E-state index >= 15 is 0 Å². The number of para-hydroxylation sites is 1. The second-order valence-electron chi connectivity index (χ2n) is 8.54. The van der Waals surface area contributed by atoms with Crippen molar-refractivity contribution < 1.29 is 23.9 Å². The van der Waals surface area contributed by atoms with E-state index in [1.807, 2.05) is 31.2 Å². The maximum atomic E-state index is 12.9. The van der Waals surface area contributed by atoms with Crippen LogP contribution in [-0.4, -0.2) is 30.2 Å². The highest BCUT2D eigenvalue weighted by Crippen LogP contribution is 2.23. The predicted octanol–water partition coefficient (Wildman–Crippen LogP) is 6.00. The molecule has 0 aliphatic carbocycles. The van der Waals surface area contributed by atoms with Crippen LogP contribution in [0.25, 0.3) is 0 Å². The number of anilines is 1. The second kappa shape index (κ2) is 12.4. The summed E-state index contributed by atoms with van der Waals surface area (Å²) in [6.45, 7) is 7.64. The topological polar surface area (TPSA) is 93.7 Å². The number of carbonyl (C=O) groups excluding carboxylic acids is 3. The number of halogens is 1. The Balaban J connectivity index is 2.15. The largest absolute Gasteiger partial charge is 0.462 e. The van der Waals surface area contributed by atoms with E-state index in [-0.39, 0.29) is 17.9 Å². The first-order chi connectivity index (χ1) is 15.6. The van der Waals surface area contributed by atoms with Crippen LogP contribution in [0.3, 0.4) is 0 Å². The lowest BCUT2D eigenvalue weighted by molar-refractivity contribution is -0.116. The summed E-state index contributed by atoms with van der Waals surface area (Å²) >= 11 is 3.39. The van der Waals surface area contributed by atoms with Gasteiger partial charge in [-0.1, -0.05) is 53.5 Å². The zero-order chi connectivity index (χ0) is 24.4. The van der Waals surface area contributed by atoms with Crippen LogP contribution in [0.15, 0.2) is 53.0 Å². The first-order valence-electron chi connectivity index (χ1n) is 10.9. The lowest BCUT2D eigenvalue weighted by Crippen LogP contribution is -2.36. The number of amides is 2. The third-order valence-corrected chi connectivity index (χ3v) is 5.03. The molecule has 2 N–H and O–H groups in total. The van der Waals surface area contributed by atoms with Crippen LogP contribution in [0.5, 0.6) is 0 Å². The Labute approximate surface area is 203 Å². The summed E-state index contributed by atoms with van der Waals surface area (Å²) in [6.07, 6.45) is 1.00. The number of ether oxygens (including phenoxy) is 2. The Morgan fingerprint density at radius 2 is 1.70 bits per heavy atom. The number of esters is 1. The third-order valence-electron chi connectivity index (χ3n) is 4.50. The Kier molecular flexibility index (Phi) is 9.91. The fraction of sp³-hybridized carbons (Fsp3) is 0.400. The van der Waals surface area contributed by atoms with Gasteiger partial charge >= 0.3 is 12.1 Å². The molecule has 178 valence electrons. The Bertz CT molecular complexity index is 954. The van der Waals surface area contributed by atoms with Gasteiger partial charge in [-0.05, 0) is 57.0 Å². The molecule has 0 aliphatic rings. The maximum Gasteiger partial charge on any atom is 0.408 e. The van der Waals surface area contributed by atoms with E-state index in [4.69, 9.17) is 9.47 Å². The van der Waals surface area contributed by atoms with Gasteiger partial charge in [-0.2, -0.15) is 0 Å². The summed E-state index contributed by atoms with van der Waals surface area (Å²) in [4.78, 5) is 37.7. The summed E-state index contributed by atoms with van der Waals surface area (Å²) in [6, 6.07) is 13.4. The van der Waals surface area contributed by atoms with Crippen LogP contribution >= 0.6 is 15.9 Å². The van der Waals surface area contributed by atoms with Crippen LogP contribution in [0.1, 0.15) is 68.9 Å². The van der Waals surface area contributed by atoms with Crippen LogP contribution < -0.4 is 10.6 Å². The van der Waals surface area contributed by atoms with E-state index in [1.165, 1.54) is 0 Å². The molecule has 8 heteroatoms. The highest BCUT2D eigenvalue weighted by molar-refractivity contribution is 9.10. The fourth-order valence-corrected chi connectivity index (χ4v) is 3.21. The molecule has 0 saturated carbocycles. The van der Waals surface area contributed by atoms with Gasteiger partial charge in [0.1, 0.15) is 5.60 Å². The summed E-state index contributed by atoms with van der Waals surface area (Å²) in [5.41, 5.74) is 0.706. The lowest BCUT2D eigenvalue weighted by atomic mass is 10.0. The minimum Gasteiger partial charge on any atom is -0.462 e. The first-order valence-corrected chi connectivity index (χ1v) is 11.7. The molecular weight excluding hydrogens is 488 g/mol. The highest BCUT2D eigenvalue weighted by atomic mass is 79.9. The number of carbonyl (C=O) groups is 3. The van der Waals surface area contributed by atoms with Crippen LogP contribution in [0, 0.1) is 0 Å². The van der Waals surface area contributed by atoms with E-state index in [0.29, 0.717) is 12.3 Å². The van der Waals surface area contributed by atoms with Gasteiger partial charge in [-0.15, -0.1) is 0 Å². The molecule has 0 bridgehead atoms. The van der Waals surface area contributed by atoms with E-state index in [0.717, 1.165) is 22.9 Å². The van der Waals surface area contributed by atoms with Gasteiger partial charge in [-0.25, -0.2) is 9.59 Å². The molecule has 7 nitrogen and oxygen atoms in total. The van der Waals surface area contributed by atoms with Crippen molar-refractivity contribution in [3.63, 3.8) is 0 Å². The molecule has 0 spiro atoms. The molecule has 2 rings (SSSR count). The summed E-state index contributed by atoms with van der Waals surface area (Å²) < 4.78 is 11.5. The molecular formula is C25H31BrN2O5. The number of hydrogen-bond donors (Lipinski definition) is 2. The number of unbranched alkanes of at least 4 members (excludes halogenated alkanes) is 1. The van der Waals surface area contributed by atoms with Crippen LogP contribution in [0.4, 0.5) is 10.5 Å². The lowest BCUT2D eigenvalue weighted by Gasteiger charge is -2.24. The van der Waals surface area contributed by atoms with E-state index in [1.54, 1.807) is 45.0 Å². The fourth-order valence-electron chi connectivity index (χ4n) is 2.94. The SMILES string of the molecule is CCCCOC(=O)c1ccccc1NC(=O)CC(NC(=O)OC(C)(C)C)c1ccc(Br)cc1. The van der Waals surface area contributed by atoms with Crippen molar-refractivity contribution in [2.45, 2.75) is 58.6 Å². The minimum atomic E-state index is -0.673. The van der Waals surface area contributed by atoms with E-state index < -0.39 is 23.7 Å². The van der Waals surface area contributed by atoms with Gasteiger partial charge in [0.15, 0.2) is 0 Å². The molecule has 33 heavy (non-hydrogen) atoms. The molecule has 2 amide bonds. The molecule has 1 atom stereocenters. The number of alkyl carbamates (subject to hydrolysis) is 1. The molecule has 1 unspecified atom stereocenters. The van der Waals surface area contributed by atoms with E-state index in [9.17, 15) is 14.4 Å². The first kappa shape index (κ1) is 26.4. The Morgan fingerprint density at radius 1 is 1.03 bits per heavy atom. The number of hydrogen-bond acceptors (Lipinski definition) is 5. The number of rotatable bonds is 9. The van der Waals surface area contributed by atoms with Crippen LogP contribution in [-0.2, 0) is 14.3 Å². The maximum absolute atomic E-state index is 12.9. The molecule has 0 radical (unpaired) electrons. The number of benzene rings is 2. The number of nitrogens with one attached hydrogen (secondary N) is 2. The zero-order valence-corrected chi connectivity index (χ0v) is 21.0. The molecule has 0 heterocycles. The predicted molar refractivity (Wildman–Crippen MR) is 131 cm³/mol. The standard InChI is InChI=1S/C25H31BrN2O5/c1-5-6-15-32-23(30)19-9-7-8-10-20(19)27-22(29)16-21(17-11-13-18(26)14-12-17)28-24(31)33-25(2,3)4/h7-14,21H,5-6,15-16H2,1-4H3,(H,27,29)(H,28,31). The summed E-state index contributed by atoms with van der Waals surface area (Å²) in [5, 5.41) is 5.54. The molecule has 2 aromatic rings. The quantitative estimate of drug-likeness (QED) is 0.313. The van der Waals surface area contributed by atoms with Crippen molar-refractivity contribution in [3.8, 4) is 0 Å². The molecule has 0 aromatic heterocycles. The van der Waals surface area contributed by atoms with Crippen molar-refractivity contribution in [2.24, 2.45) is 0 Å². The third kappa shape index (κ3) is 9.26. The highest BCUT2D eigenvalue weighted by Gasteiger charge is 2.23. The van der Waals surface area contributed by atoms with Crippen molar-refractivity contribution in [3.05, 3.63) is 64.1 Å². The van der Waals surface area contributed by atoms with Gasteiger partial charge in [0.2, 0.25) is 5.91 Å². The normalized spacial score (nSPS) is 11.9. The van der Waals surface area contributed by atoms with Gasteiger partial charge in [0.05, 0.1) is 30.3 Å². The van der Waals surface area contributed by atoms with Gasteiger partial charge < -0.3 is 20.1 Å². The zero-order valence-electron chi connectivity index (χ0n) is 19.4. The van der Waals surface area contributed by atoms with Crippen molar-refractivity contribution in [1.29, 1.82) is 0 Å². The van der Waals surface area contributed by atoms with Gasteiger partial charge in [0, 0.05) is 4.47 Å². The Morgan fingerprint density at radius 3 is 2.33 bits per heavy atom. The van der Waals surface area contributed by atoms with E-state index in [2.05, 4.69) is 26.6 Å². The van der Waals surface area contributed by atoms with Crippen molar-refractivity contribution in [1.82, 2.24) is 5.32 Å². The van der Waals surface area contributed by atoms with Crippen molar-refractivity contribution >= 4 is 39.6 Å². The molecule has 0 saturated heterocycles. The summed E-state index contributed by atoms with van der Waals surface area (Å²) in [7, 11) is 0. The van der Waals surface area contributed by atoms with Crippen molar-refractivity contribution in [2.75, 3.05) is 11.9 Å². The molecule has 0 aliphatic heterocycles. The smallest absolute Gasteiger partial charge is 0.408 e. The average molecular weight is 519 g/mol. The monoisotopic (exact) mass is 518 g/mol. The summed E-state index contributed by atoms with van der Waals surface area (Å²) in [5.74, 6) is -0.858. The second-order valence-corrected chi connectivity index (χ2v) is 9.45. The molecule has 0 fully saturated rings.